The fraction of sp³-hybridized carbons (Fsp3) is 0.0714. The Labute approximate surface area is 110 Å². The van der Waals surface area contributed by atoms with Crippen molar-refractivity contribution in [3.05, 3.63) is 70.0 Å². The van der Waals surface area contributed by atoms with E-state index in [1.165, 1.54) is 6.92 Å². The number of carbonyl (C=O) groups is 1. The summed E-state index contributed by atoms with van der Waals surface area (Å²) < 4.78 is 66.2. The summed E-state index contributed by atoms with van der Waals surface area (Å²) in [4.78, 5) is 11.9. The summed E-state index contributed by atoms with van der Waals surface area (Å²) in [7, 11) is 0. The minimum Gasteiger partial charge on any atom is -0.288 e. The Morgan fingerprint density at radius 2 is 1.25 bits per heavy atom. The van der Waals surface area contributed by atoms with Crippen LogP contribution in [0, 0.1) is 36.0 Å². The number of hydrogen-bond donors (Lipinski definition) is 0. The molecule has 104 valence electrons. The number of rotatable bonds is 2. The van der Waals surface area contributed by atoms with Crippen LogP contribution in [0.25, 0.3) is 0 Å². The predicted octanol–water partition coefficient (Wildman–Crippen LogP) is 3.92. The molecule has 2 aromatic carbocycles. The van der Waals surface area contributed by atoms with Crippen molar-refractivity contribution < 1.29 is 26.7 Å². The molecule has 0 fully saturated rings. The van der Waals surface area contributed by atoms with Crippen LogP contribution in [-0.2, 0) is 0 Å². The SMILES string of the molecule is Cc1ccc(C(=O)c2ccc(F)c(F)c2F)c(F)c1F. The molecule has 0 spiro atoms. The van der Waals surface area contributed by atoms with Crippen LogP contribution in [0.2, 0.25) is 0 Å². The maximum Gasteiger partial charge on any atom is 0.199 e. The zero-order valence-corrected chi connectivity index (χ0v) is 10.1. The van der Waals surface area contributed by atoms with Gasteiger partial charge in [-0.1, -0.05) is 6.07 Å². The summed E-state index contributed by atoms with van der Waals surface area (Å²) in [5.41, 5.74) is -1.66. The molecule has 2 aromatic rings. The Morgan fingerprint density at radius 3 is 1.85 bits per heavy atom. The molecule has 0 unspecified atom stereocenters. The number of carbonyl (C=O) groups excluding carboxylic acids is 1. The minimum absolute atomic E-state index is 0.0372. The van der Waals surface area contributed by atoms with Gasteiger partial charge < -0.3 is 0 Å². The molecule has 0 radical (unpaired) electrons. The normalized spacial score (nSPS) is 10.7. The van der Waals surface area contributed by atoms with E-state index >= 15 is 0 Å². The lowest BCUT2D eigenvalue weighted by atomic mass is 10.0. The van der Waals surface area contributed by atoms with Crippen molar-refractivity contribution in [1.82, 2.24) is 0 Å². The largest absolute Gasteiger partial charge is 0.288 e. The van der Waals surface area contributed by atoms with Gasteiger partial charge in [-0.25, -0.2) is 22.0 Å². The molecule has 0 amide bonds. The van der Waals surface area contributed by atoms with Gasteiger partial charge in [-0.05, 0) is 30.7 Å². The monoisotopic (exact) mass is 286 g/mol. The molecule has 0 bridgehead atoms. The molecule has 1 nitrogen and oxygen atoms in total. The second kappa shape index (κ2) is 5.03. The van der Waals surface area contributed by atoms with Gasteiger partial charge in [-0.3, -0.25) is 4.79 Å². The third-order valence-corrected chi connectivity index (χ3v) is 2.80. The van der Waals surface area contributed by atoms with Crippen LogP contribution in [0.4, 0.5) is 22.0 Å². The smallest absolute Gasteiger partial charge is 0.199 e. The molecule has 0 saturated heterocycles. The summed E-state index contributed by atoms with van der Waals surface area (Å²) in [6.07, 6.45) is 0. The molecule has 6 heteroatoms. The van der Waals surface area contributed by atoms with Gasteiger partial charge >= 0.3 is 0 Å². The Hall–Kier alpha value is -2.24. The average Bonchev–Trinajstić information content (AvgIpc) is 2.42. The Morgan fingerprint density at radius 1 is 0.750 bits per heavy atom. The van der Waals surface area contributed by atoms with Crippen molar-refractivity contribution in [3.63, 3.8) is 0 Å². The molecule has 0 aliphatic rings. The van der Waals surface area contributed by atoms with E-state index in [0.29, 0.717) is 12.1 Å². The number of halogens is 5. The van der Waals surface area contributed by atoms with Crippen molar-refractivity contribution in [3.8, 4) is 0 Å². The van der Waals surface area contributed by atoms with E-state index < -0.39 is 46.0 Å². The van der Waals surface area contributed by atoms with Crippen LogP contribution in [0.15, 0.2) is 24.3 Å². The number of hydrogen-bond acceptors (Lipinski definition) is 1. The third-order valence-electron chi connectivity index (χ3n) is 2.80. The minimum atomic E-state index is -1.84. The number of ketones is 1. The van der Waals surface area contributed by atoms with Crippen LogP contribution < -0.4 is 0 Å². The standard InChI is InChI=1S/C14H7F5O/c1-6-2-3-7(11(17)10(6)16)14(20)8-4-5-9(15)13(19)12(8)18/h2-5H,1H3. The van der Waals surface area contributed by atoms with Gasteiger partial charge in [0.1, 0.15) is 0 Å². The highest BCUT2D eigenvalue weighted by Crippen LogP contribution is 2.22. The summed E-state index contributed by atoms with van der Waals surface area (Å²) in [6.45, 7) is 1.28. The van der Waals surface area contributed by atoms with Gasteiger partial charge in [0, 0.05) is 0 Å². The lowest BCUT2D eigenvalue weighted by Gasteiger charge is -2.07. The maximum atomic E-state index is 13.6. The first-order valence-corrected chi connectivity index (χ1v) is 5.47. The van der Waals surface area contributed by atoms with Gasteiger partial charge in [-0.2, -0.15) is 0 Å². The van der Waals surface area contributed by atoms with E-state index in [0.717, 1.165) is 12.1 Å². The number of benzene rings is 2. The highest BCUT2D eigenvalue weighted by molar-refractivity contribution is 6.09. The fourth-order valence-electron chi connectivity index (χ4n) is 1.67. The van der Waals surface area contributed by atoms with Crippen LogP contribution >= 0.6 is 0 Å². The first kappa shape index (κ1) is 14.2. The first-order valence-electron chi connectivity index (χ1n) is 5.47. The molecular weight excluding hydrogens is 279 g/mol. The van der Waals surface area contributed by atoms with E-state index in [1.807, 2.05) is 0 Å². The molecule has 2 rings (SSSR count). The molecule has 0 aromatic heterocycles. The van der Waals surface area contributed by atoms with E-state index in [2.05, 4.69) is 0 Å². The van der Waals surface area contributed by atoms with Gasteiger partial charge in [0.05, 0.1) is 11.1 Å². The zero-order chi connectivity index (χ0) is 15.0. The van der Waals surface area contributed by atoms with E-state index in [9.17, 15) is 26.7 Å². The zero-order valence-electron chi connectivity index (χ0n) is 10.1. The average molecular weight is 286 g/mol. The topological polar surface area (TPSA) is 17.1 Å². The Kier molecular flexibility index (Phi) is 3.57. The van der Waals surface area contributed by atoms with Crippen LogP contribution in [0.1, 0.15) is 21.5 Å². The van der Waals surface area contributed by atoms with Gasteiger partial charge in [0.15, 0.2) is 34.9 Å². The van der Waals surface area contributed by atoms with Crippen molar-refractivity contribution in [2.75, 3.05) is 0 Å². The predicted molar refractivity (Wildman–Crippen MR) is 60.8 cm³/mol. The molecule has 20 heavy (non-hydrogen) atoms. The van der Waals surface area contributed by atoms with E-state index in [-0.39, 0.29) is 5.56 Å². The Balaban J connectivity index is 2.58. The van der Waals surface area contributed by atoms with Crippen LogP contribution in [0.5, 0.6) is 0 Å². The molecular formula is C14H7F5O. The Bertz CT molecular complexity index is 650. The van der Waals surface area contributed by atoms with Crippen LogP contribution in [0.3, 0.4) is 0 Å². The van der Waals surface area contributed by atoms with E-state index in [4.69, 9.17) is 0 Å². The third kappa shape index (κ3) is 2.17. The summed E-state index contributed by atoms with van der Waals surface area (Å²) >= 11 is 0. The second-order valence-corrected chi connectivity index (χ2v) is 4.11. The molecule has 0 heterocycles. The highest BCUT2D eigenvalue weighted by atomic mass is 19.2. The van der Waals surface area contributed by atoms with Gasteiger partial charge in [0.25, 0.3) is 0 Å². The molecule has 0 N–H and O–H groups in total. The van der Waals surface area contributed by atoms with Crippen molar-refractivity contribution in [2.24, 2.45) is 0 Å². The summed E-state index contributed by atoms with van der Waals surface area (Å²) in [6, 6.07) is 3.29. The summed E-state index contributed by atoms with van der Waals surface area (Å²) in [5.74, 6) is -9.04. The maximum absolute atomic E-state index is 13.6. The van der Waals surface area contributed by atoms with Gasteiger partial charge in [-0.15, -0.1) is 0 Å². The second-order valence-electron chi connectivity index (χ2n) is 4.11. The molecule has 0 atom stereocenters. The number of aryl methyl sites for hydroxylation is 1. The van der Waals surface area contributed by atoms with Crippen LogP contribution in [-0.4, -0.2) is 5.78 Å². The molecule has 0 aliphatic heterocycles. The van der Waals surface area contributed by atoms with Gasteiger partial charge in [0.2, 0.25) is 0 Å². The van der Waals surface area contributed by atoms with Crippen molar-refractivity contribution in [1.29, 1.82) is 0 Å². The first-order chi connectivity index (χ1) is 9.34. The summed E-state index contributed by atoms with van der Waals surface area (Å²) in [5, 5.41) is 0. The lowest BCUT2D eigenvalue weighted by molar-refractivity contribution is 0.102. The van der Waals surface area contributed by atoms with Crippen molar-refractivity contribution in [2.45, 2.75) is 6.92 Å². The van der Waals surface area contributed by atoms with E-state index in [1.54, 1.807) is 0 Å². The quantitative estimate of drug-likeness (QED) is 0.464. The lowest BCUT2D eigenvalue weighted by Crippen LogP contribution is -2.10. The molecule has 0 aliphatic carbocycles. The van der Waals surface area contributed by atoms with Crippen molar-refractivity contribution >= 4 is 5.78 Å². The fourth-order valence-corrected chi connectivity index (χ4v) is 1.67. The molecule has 0 saturated carbocycles. The highest BCUT2D eigenvalue weighted by Gasteiger charge is 2.24.